The van der Waals surface area contributed by atoms with Gasteiger partial charge < -0.3 is 10.1 Å². The van der Waals surface area contributed by atoms with Crippen molar-refractivity contribution in [1.82, 2.24) is 5.32 Å². The van der Waals surface area contributed by atoms with Gasteiger partial charge >= 0.3 is 0 Å². The second kappa shape index (κ2) is 7.24. The fourth-order valence-corrected chi connectivity index (χ4v) is 2.87. The fraction of sp³-hybridized carbons (Fsp3) is 1.00. The zero-order chi connectivity index (χ0) is 11.1. The van der Waals surface area contributed by atoms with Crippen molar-refractivity contribution >= 4 is 0 Å². The van der Waals surface area contributed by atoms with Crippen molar-refractivity contribution in [3.8, 4) is 0 Å². The van der Waals surface area contributed by atoms with E-state index in [0.717, 1.165) is 31.0 Å². The molecule has 0 aromatic heterocycles. The van der Waals surface area contributed by atoms with Gasteiger partial charge in [-0.05, 0) is 37.6 Å². The maximum absolute atomic E-state index is 5.18. The topological polar surface area (TPSA) is 21.3 Å². The van der Waals surface area contributed by atoms with Gasteiger partial charge in [0.2, 0.25) is 0 Å². The van der Waals surface area contributed by atoms with E-state index in [9.17, 15) is 0 Å². The summed E-state index contributed by atoms with van der Waals surface area (Å²) in [5.41, 5.74) is 0. The van der Waals surface area contributed by atoms with Crippen molar-refractivity contribution in [2.45, 2.75) is 52.0 Å². The van der Waals surface area contributed by atoms with Crippen LogP contribution >= 0.6 is 0 Å². The number of nitrogens with one attached hydrogen (secondary N) is 1. The van der Waals surface area contributed by atoms with Crippen LogP contribution in [0.25, 0.3) is 0 Å². The molecule has 0 aromatic rings. The molecule has 15 heavy (non-hydrogen) atoms. The third-order valence-corrected chi connectivity index (χ3v) is 3.79. The Morgan fingerprint density at radius 2 is 2.07 bits per heavy atom. The smallest absolute Gasteiger partial charge is 0.0464 e. The van der Waals surface area contributed by atoms with E-state index in [1.54, 1.807) is 7.11 Å². The molecular weight excluding hydrogens is 186 g/mol. The molecule has 90 valence electrons. The fourth-order valence-electron chi connectivity index (χ4n) is 2.87. The maximum atomic E-state index is 5.18. The molecule has 0 radical (unpaired) electrons. The Morgan fingerprint density at radius 3 is 2.73 bits per heavy atom. The van der Waals surface area contributed by atoms with Crippen molar-refractivity contribution < 1.29 is 4.74 Å². The van der Waals surface area contributed by atoms with Crippen molar-refractivity contribution in [2.24, 2.45) is 11.8 Å². The Labute approximate surface area is 94.8 Å². The third kappa shape index (κ3) is 4.12. The molecule has 0 aromatic carbocycles. The van der Waals surface area contributed by atoms with Crippen LogP contribution in [0.1, 0.15) is 46.0 Å². The van der Waals surface area contributed by atoms with Gasteiger partial charge in [-0.3, -0.25) is 0 Å². The van der Waals surface area contributed by atoms with E-state index in [1.165, 1.54) is 32.1 Å². The van der Waals surface area contributed by atoms with E-state index in [0.29, 0.717) is 0 Å². The van der Waals surface area contributed by atoms with Gasteiger partial charge in [0, 0.05) is 19.8 Å². The molecule has 1 aliphatic rings. The Morgan fingerprint density at radius 1 is 1.33 bits per heavy atom. The van der Waals surface area contributed by atoms with Gasteiger partial charge in [0.25, 0.3) is 0 Å². The minimum Gasteiger partial charge on any atom is -0.385 e. The first kappa shape index (κ1) is 13.0. The van der Waals surface area contributed by atoms with Crippen molar-refractivity contribution in [1.29, 1.82) is 0 Å². The van der Waals surface area contributed by atoms with Gasteiger partial charge in [-0.25, -0.2) is 0 Å². The average molecular weight is 213 g/mol. The van der Waals surface area contributed by atoms with Crippen LogP contribution in [-0.2, 0) is 4.74 Å². The monoisotopic (exact) mass is 213 g/mol. The number of ether oxygens (including phenoxy) is 1. The first-order chi connectivity index (χ1) is 7.29. The molecule has 0 saturated heterocycles. The zero-order valence-electron chi connectivity index (χ0n) is 10.6. The Bertz CT molecular complexity index is 159. The molecule has 0 heterocycles. The highest BCUT2D eigenvalue weighted by atomic mass is 16.5. The summed E-state index contributed by atoms with van der Waals surface area (Å²) in [4.78, 5) is 0. The van der Waals surface area contributed by atoms with E-state index in [1.807, 2.05) is 0 Å². The second-order valence-corrected chi connectivity index (χ2v) is 4.87. The van der Waals surface area contributed by atoms with E-state index in [2.05, 4.69) is 19.2 Å². The largest absolute Gasteiger partial charge is 0.385 e. The molecule has 1 saturated carbocycles. The summed E-state index contributed by atoms with van der Waals surface area (Å²) in [7, 11) is 1.80. The summed E-state index contributed by atoms with van der Waals surface area (Å²) >= 11 is 0. The van der Waals surface area contributed by atoms with Gasteiger partial charge in [0.1, 0.15) is 0 Å². The van der Waals surface area contributed by atoms with Crippen molar-refractivity contribution in [2.75, 3.05) is 20.3 Å². The lowest BCUT2D eigenvalue weighted by molar-refractivity contribution is 0.135. The average Bonchev–Trinajstić information content (AvgIpc) is 2.27. The molecule has 1 N–H and O–H groups in total. The Hall–Kier alpha value is -0.0800. The maximum Gasteiger partial charge on any atom is 0.0464 e. The Balaban J connectivity index is 2.39. The van der Waals surface area contributed by atoms with Crippen LogP contribution in [0.4, 0.5) is 0 Å². The molecule has 0 spiro atoms. The van der Waals surface area contributed by atoms with Crippen LogP contribution < -0.4 is 5.32 Å². The highest BCUT2D eigenvalue weighted by molar-refractivity contribution is 4.83. The number of hydrogen-bond acceptors (Lipinski definition) is 2. The van der Waals surface area contributed by atoms with Gasteiger partial charge in [-0.15, -0.1) is 0 Å². The van der Waals surface area contributed by atoms with Crippen LogP contribution in [-0.4, -0.2) is 26.3 Å². The lowest BCUT2D eigenvalue weighted by Crippen LogP contribution is -2.41. The first-order valence-corrected chi connectivity index (χ1v) is 6.52. The Kier molecular flexibility index (Phi) is 6.26. The molecule has 3 atom stereocenters. The highest BCUT2D eigenvalue weighted by Crippen LogP contribution is 2.31. The van der Waals surface area contributed by atoms with Crippen molar-refractivity contribution in [3.63, 3.8) is 0 Å². The summed E-state index contributed by atoms with van der Waals surface area (Å²) in [6.45, 7) is 6.62. The van der Waals surface area contributed by atoms with E-state index in [-0.39, 0.29) is 0 Å². The van der Waals surface area contributed by atoms with E-state index < -0.39 is 0 Å². The summed E-state index contributed by atoms with van der Waals surface area (Å²) in [6, 6.07) is 0.760. The summed E-state index contributed by atoms with van der Waals surface area (Å²) < 4.78 is 5.18. The number of methoxy groups -OCH3 is 1. The predicted molar refractivity (Wildman–Crippen MR) is 65.1 cm³/mol. The lowest BCUT2D eigenvalue weighted by atomic mass is 9.76. The van der Waals surface area contributed by atoms with E-state index >= 15 is 0 Å². The van der Waals surface area contributed by atoms with Gasteiger partial charge in [-0.1, -0.05) is 26.7 Å². The predicted octanol–water partition coefficient (Wildman–Crippen LogP) is 2.83. The quantitative estimate of drug-likeness (QED) is 0.732. The van der Waals surface area contributed by atoms with Crippen LogP contribution in [0.2, 0.25) is 0 Å². The van der Waals surface area contributed by atoms with Crippen LogP contribution in [0, 0.1) is 11.8 Å². The van der Waals surface area contributed by atoms with Crippen LogP contribution in [0.3, 0.4) is 0 Å². The van der Waals surface area contributed by atoms with Crippen LogP contribution in [0.15, 0.2) is 0 Å². The van der Waals surface area contributed by atoms with Gasteiger partial charge in [-0.2, -0.15) is 0 Å². The molecule has 0 bridgehead atoms. The summed E-state index contributed by atoms with van der Waals surface area (Å²) in [5, 5.41) is 3.65. The number of rotatable bonds is 6. The lowest BCUT2D eigenvalue weighted by Gasteiger charge is -2.36. The molecule has 0 amide bonds. The molecule has 3 unspecified atom stereocenters. The molecular formula is C13H27NO. The molecule has 1 fully saturated rings. The second-order valence-electron chi connectivity index (χ2n) is 4.87. The highest BCUT2D eigenvalue weighted by Gasteiger charge is 2.28. The first-order valence-electron chi connectivity index (χ1n) is 6.52. The molecule has 2 nitrogen and oxygen atoms in total. The van der Waals surface area contributed by atoms with E-state index in [4.69, 9.17) is 4.74 Å². The van der Waals surface area contributed by atoms with Crippen LogP contribution in [0.5, 0.6) is 0 Å². The summed E-state index contributed by atoms with van der Waals surface area (Å²) in [6.07, 6.45) is 6.82. The van der Waals surface area contributed by atoms with Gasteiger partial charge in [0.15, 0.2) is 0 Å². The number of hydrogen-bond donors (Lipinski definition) is 1. The van der Waals surface area contributed by atoms with Crippen molar-refractivity contribution in [3.05, 3.63) is 0 Å². The standard InChI is InChI=1S/C13H27NO/c1-4-14-13-8-6-5-7-12(13)11(2)9-10-15-3/h11-14H,4-10H2,1-3H3. The molecule has 2 heteroatoms. The molecule has 1 aliphatic carbocycles. The molecule has 1 rings (SSSR count). The zero-order valence-corrected chi connectivity index (χ0v) is 10.6. The minimum absolute atomic E-state index is 0.760. The summed E-state index contributed by atoms with van der Waals surface area (Å²) in [5.74, 6) is 1.67. The minimum atomic E-state index is 0.760. The van der Waals surface area contributed by atoms with Gasteiger partial charge in [0.05, 0.1) is 0 Å². The normalized spacial score (nSPS) is 29.0. The molecule has 0 aliphatic heterocycles. The SMILES string of the molecule is CCNC1CCCCC1C(C)CCOC. The third-order valence-electron chi connectivity index (χ3n) is 3.79.